The molecule has 0 unspecified atom stereocenters. The van der Waals surface area contributed by atoms with Crippen LogP contribution in [0.4, 0.5) is 13.2 Å². The summed E-state index contributed by atoms with van der Waals surface area (Å²) in [5.74, 6) is -1.91. The van der Waals surface area contributed by atoms with E-state index in [0.29, 0.717) is 0 Å². The minimum atomic E-state index is -4.88. The summed E-state index contributed by atoms with van der Waals surface area (Å²) in [4.78, 5) is 14.4. The molecule has 0 aliphatic carbocycles. The highest BCUT2D eigenvalue weighted by Crippen LogP contribution is 2.22. The van der Waals surface area contributed by atoms with Crippen LogP contribution in [0, 0.1) is 6.92 Å². The minimum absolute atomic E-state index is 0.127. The van der Waals surface area contributed by atoms with Gasteiger partial charge in [0.05, 0.1) is 0 Å². The molecule has 0 aromatic carbocycles. The molecule has 0 saturated carbocycles. The highest BCUT2D eigenvalue weighted by molar-refractivity contribution is 6.29. The number of rotatable bonds is 1. The first-order chi connectivity index (χ1) is 6.30. The van der Waals surface area contributed by atoms with E-state index in [1.165, 1.54) is 6.92 Å². The molecular weight excluding hydrogens is 219 g/mol. The molecule has 0 fully saturated rings. The summed E-state index contributed by atoms with van der Waals surface area (Å²) in [5, 5.41) is -0.127. The van der Waals surface area contributed by atoms with Crippen LogP contribution >= 0.6 is 11.6 Å². The van der Waals surface area contributed by atoms with Crippen LogP contribution in [-0.2, 0) is 0 Å². The molecule has 0 saturated heterocycles. The van der Waals surface area contributed by atoms with Gasteiger partial charge in [-0.25, -0.2) is 4.98 Å². The van der Waals surface area contributed by atoms with E-state index in [4.69, 9.17) is 11.6 Å². The summed E-state index contributed by atoms with van der Waals surface area (Å²) in [6.07, 6.45) is -4.88. The third kappa shape index (κ3) is 2.45. The van der Waals surface area contributed by atoms with Crippen molar-refractivity contribution in [1.82, 2.24) is 4.98 Å². The molecule has 0 N–H and O–H groups in total. The second-order valence-electron chi connectivity index (χ2n) is 2.65. The molecule has 2 nitrogen and oxygen atoms in total. The number of ketones is 1. The van der Waals surface area contributed by atoms with Gasteiger partial charge in [0, 0.05) is 11.3 Å². The first-order valence-corrected chi connectivity index (χ1v) is 3.94. The Balaban J connectivity index is 3.14. The molecule has 0 radical (unpaired) electrons. The highest BCUT2D eigenvalue weighted by atomic mass is 35.5. The van der Waals surface area contributed by atoms with Gasteiger partial charge in [0.25, 0.3) is 5.78 Å². The molecule has 1 aromatic rings. The smallest absolute Gasteiger partial charge is 0.284 e. The number of aromatic nitrogens is 1. The minimum Gasteiger partial charge on any atom is -0.284 e. The monoisotopic (exact) mass is 223 g/mol. The third-order valence-electron chi connectivity index (χ3n) is 1.44. The molecule has 6 heteroatoms. The lowest BCUT2D eigenvalue weighted by atomic mass is 10.1. The molecule has 0 amide bonds. The first-order valence-electron chi connectivity index (χ1n) is 3.56. The molecule has 0 atom stereocenters. The Labute approximate surface area is 82.7 Å². The Kier molecular flexibility index (Phi) is 2.80. The van der Waals surface area contributed by atoms with Crippen molar-refractivity contribution in [3.05, 3.63) is 28.5 Å². The molecule has 76 valence electrons. The lowest BCUT2D eigenvalue weighted by molar-refractivity contribution is -0.0885. The van der Waals surface area contributed by atoms with Gasteiger partial charge in [-0.05, 0) is 19.1 Å². The second-order valence-corrected chi connectivity index (χ2v) is 3.03. The van der Waals surface area contributed by atoms with E-state index in [9.17, 15) is 18.0 Å². The van der Waals surface area contributed by atoms with Crippen LogP contribution in [0.1, 0.15) is 16.1 Å². The van der Waals surface area contributed by atoms with E-state index >= 15 is 0 Å². The predicted molar refractivity (Wildman–Crippen MR) is 44.4 cm³/mol. The van der Waals surface area contributed by atoms with Gasteiger partial charge in [0.2, 0.25) is 0 Å². The van der Waals surface area contributed by atoms with Crippen LogP contribution in [0.15, 0.2) is 12.1 Å². The molecular formula is C8H5ClF3NO. The van der Waals surface area contributed by atoms with Crippen molar-refractivity contribution in [2.45, 2.75) is 13.1 Å². The van der Waals surface area contributed by atoms with Crippen LogP contribution in [0.2, 0.25) is 5.15 Å². The topological polar surface area (TPSA) is 30.0 Å². The molecule has 1 rings (SSSR count). The van der Waals surface area contributed by atoms with Crippen molar-refractivity contribution in [2.24, 2.45) is 0 Å². The van der Waals surface area contributed by atoms with Gasteiger partial charge in [0.15, 0.2) is 0 Å². The molecule has 14 heavy (non-hydrogen) atoms. The Bertz CT molecular complexity index is 355. The predicted octanol–water partition coefficient (Wildman–Crippen LogP) is 2.79. The van der Waals surface area contributed by atoms with Crippen LogP contribution in [0.25, 0.3) is 0 Å². The molecule has 0 spiro atoms. The van der Waals surface area contributed by atoms with E-state index in [1.54, 1.807) is 0 Å². The standard InChI is InChI=1S/C8H5ClF3NO/c1-4-2-5(3-6(9)13-4)7(14)8(10,11)12/h2-3H,1H3. The number of carbonyl (C=O) groups is 1. The summed E-state index contributed by atoms with van der Waals surface area (Å²) in [7, 11) is 0. The quantitative estimate of drug-likeness (QED) is 0.541. The summed E-state index contributed by atoms with van der Waals surface area (Å²) in [6, 6.07) is 1.94. The van der Waals surface area contributed by atoms with Gasteiger partial charge < -0.3 is 0 Å². The summed E-state index contributed by atoms with van der Waals surface area (Å²) < 4.78 is 36.0. The Morgan fingerprint density at radius 2 is 2.00 bits per heavy atom. The van der Waals surface area contributed by atoms with Crippen molar-refractivity contribution in [3.8, 4) is 0 Å². The number of nitrogens with zero attached hydrogens (tertiary/aromatic N) is 1. The summed E-state index contributed by atoms with van der Waals surface area (Å²) >= 11 is 5.41. The molecule has 0 aliphatic rings. The lowest BCUT2D eigenvalue weighted by Gasteiger charge is -2.05. The lowest BCUT2D eigenvalue weighted by Crippen LogP contribution is -2.22. The summed E-state index contributed by atoms with van der Waals surface area (Å²) in [5.41, 5.74) is -0.222. The normalized spacial score (nSPS) is 11.5. The number of hydrogen-bond donors (Lipinski definition) is 0. The molecule has 0 aliphatic heterocycles. The average Bonchev–Trinajstić information content (AvgIpc) is 1.99. The van der Waals surface area contributed by atoms with Crippen LogP contribution < -0.4 is 0 Å². The zero-order valence-electron chi connectivity index (χ0n) is 7.02. The van der Waals surface area contributed by atoms with Crippen molar-refractivity contribution < 1.29 is 18.0 Å². The molecule has 1 heterocycles. The Morgan fingerprint density at radius 1 is 1.43 bits per heavy atom. The van der Waals surface area contributed by atoms with E-state index < -0.39 is 17.5 Å². The highest BCUT2D eigenvalue weighted by Gasteiger charge is 2.39. The zero-order valence-corrected chi connectivity index (χ0v) is 7.78. The largest absolute Gasteiger partial charge is 0.454 e. The fourth-order valence-corrected chi connectivity index (χ4v) is 1.17. The van der Waals surface area contributed by atoms with Crippen molar-refractivity contribution >= 4 is 17.4 Å². The number of pyridine rings is 1. The Morgan fingerprint density at radius 3 is 2.43 bits per heavy atom. The van der Waals surface area contributed by atoms with E-state index in [2.05, 4.69) is 4.98 Å². The number of Topliss-reactive ketones (excluding diaryl/α,β-unsaturated/α-hetero) is 1. The van der Waals surface area contributed by atoms with Gasteiger partial charge in [-0.15, -0.1) is 0 Å². The Hall–Kier alpha value is -1.10. The maximum Gasteiger partial charge on any atom is 0.454 e. The number of hydrogen-bond acceptors (Lipinski definition) is 2. The fraction of sp³-hybridized carbons (Fsp3) is 0.250. The van der Waals surface area contributed by atoms with Gasteiger partial charge in [-0.1, -0.05) is 11.6 Å². The van der Waals surface area contributed by atoms with Crippen molar-refractivity contribution in [3.63, 3.8) is 0 Å². The molecule has 1 aromatic heterocycles. The first kappa shape index (κ1) is 11.0. The van der Waals surface area contributed by atoms with Crippen LogP contribution in [0.3, 0.4) is 0 Å². The maximum atomic E-state index is 12.0. The fourth-order valence-electron chi connectivity index (χ4n) is 0.923. The molecule has 0 bridgehead atoms. The third-order valence-corrected chi connectivity index (χ3v) is 1.64. The van der Waals surface area contributed by atoms with Crippen molar-refractivity contribution in [1.29, 1.82) is 0 Å². The number of halogens is 4. The maximum absolute atomic E-state index is 12.0. The van der Waals surface area contributed by atoms with Gasteiger partial charge in [-0.3, -0.25) is 4.79 Å². The average molecular weight is 224 g/mol. The van der Waals surface area contributed by atoms with E-state index in [0.717, 1.165) is 12.1 Å². The van der Waals surface area contributed by atoms with Gasteiger partial charge >= 0.3 is 6.18 Å². The van der Waals surface area contributed by atoms with Crippen LogP contribution in [-0.4, -0.2) is 16.9 Å². The van der Waals surface area contributed by atoms with E-state index in [-0.39, 0.29) is 10.8 Å². The number of carbonyl (C=O) groups excluding carboxylic acids is 1. The number of aryl methyl sites for hydroxylation is 1. The second kappa shape index (κ2) is 3.57. The van der Waals surface area contributed by atoms with Crippen molar-refractivity contribution in [2.75, 3.05) is 0 Å². The van der Waals surface area contributed by atoms with Crippen LogP contribution in [0.5, 0.6) is 0 Å². The number of alkyl halides is 3. The van der Waals surface area contributed by atoms with Gasteiger partial charge in [-0.2, -0.15) is 13.2 Å². The SMILES string of the molecule is Cc1cc(C(=O)C(F)(F)F)cc(Cl)n1. The van der Waals surface area contributed by atoms with E-state index in [1.807, 2.05) is 0 Å². The van der Waals surface area contributed by atoms with Gasteiger partial charge in [0.1, 0.15) is 5.15 Å². The summed E-state index contributed by atoms with van der Waals surface area (Å²) in [6.45, 7) is 1.46. The zero-order chi connectivity index (χ0) is 10.9.